The first-order chi connectivity index (χ1) is 11.0. The smallest absolute Gasteiger partial charge is 0.223 e. The number of carbonyl (C=O) groups excluding carboxylic acids is 1. The van der Waals surface area contributed by atoms with Crippen LogP contribution < -0.4 is 5.73 Å². The summed E-state index contributed by atoms with van der Waals surface area (Å²) in [6, 6.07) is 4.28. The zero-order valence-corrected chi connectivity index (χ0v) is 16.5. The molecule has 3 rings (SSSR count). The highest BCUT2D eigenvalue weighted by molar-refractivity contribution is 5.85. The van der Waals surface area contributed by atoms with E-state index >= 15 is 0 Å². The molecule has 0 aliphatic carbocycles. The average molecular weight is 387 g/mol. The van der Waals surface area contributed by atoms with Crippen molar-refractivity contribution >= 4 is 41.8 Å². The molecule has 140 valence electrons. The Balaban J connectivity index is 0.00000156. The third kappa shape index (κ3) is 5.09. The molecule has 2 heterocycles. The number of nitrogens with zero attached hydrogens (tertiary/aromatic N) is 2. The van der Waals surface area contributed by atoms with Crippen molar-refractivity contribution in [3.8, 4) is 0 Å². The molecule has 2 aromatic rings. The third-order valence-corrected chi connectivity index (χ3v) is 4.86. The number of aromatic amines is 1. The van der Waals surface area contributed by atoms with Gasteiger partial charge in [-0.25, -0.2) is 4.98 Å². The van der Waals surface area contributed by atoms with E-state index in [0.717, 1.165) is 42.7 Å². The number of halogens is 2. The molecule has 7 heteroatoms. The highest BCUT2D eigenvalue weighted by atomic mass is 35.5. The zero-order chi connectivity index (χ0) is 16.4. The van der Waals surface area contributed by atoms with Crippen molar-refractivity contribution in [2.45, 2.75) is 52.0 Å². The van der Waals surface area contributed by atoms with Crippen molar-refractivity contribution in [2.24, 2.45) is 5.73 Å². The summed E-state index contributed by atoms with van der Waals surface area (Å²) in [6.07, 6.45) is 4.34. The van der Waals surface area contributed by atoms with Crippen molar-refractivity contribution in [3.63, 3.8) is 0 Å². The quantitative estimate of drug-likeness (QED) is 0.849. The maximum Gasteiger partial charge on any atom is 0.223 e. The van der Waals surface area contributed by atoms with Crippen molar-refractivity contribution in [1.82, 2.24) is 14.9 Å². The Kier molecular flexibility index (Phi) is 8.19. The number of amides is 1. The van der Waals surface area contributed by atoms with Crippen molar-refractivity contribution in [3.05, 3.63) is 29.1 Å². The molecule has 1 saturated heterocycles. The Morgan fingerprint density at radius 2 is 2.08 bits per heavy atom. The standard InChI is InChI=1S/C18H26N4O.2ClH/c1-12-6-7-15-18(13(12)2)21-16(20-15)8-9-17(23)22-10-4-3-5-14(19)11-22;;/h6-7,14H,3-5,8-11,19H2,1-2H3,(H,20,21);2*1H. The third-order valence-electron chi connectivity index (χ3n) is 4.86. The van der Waals surface area contributed by atoms with E-state index in [1.54, 1.807) is 0 Å². The second-order valence-corrected chi connectivity index (χ2v) is 6.68. The Bertz CT molecular complexity index is 716. The molecule has 1 aliphatic heterocycles. The lowest BCUT2D eigenvalue weighted by Gasteiger charge is -2.22. The predicted molar refractivity (Wildman–Crippen MR) is 107 cm³/mol. The number of carbonyl (C=O) groups is 1. The van der Waals surface area contributed by atoms with E-state index in [2.05, 4.69) is 35.9 Å². The molecule has 1 fully saturated rings. The van der Waals surface area contributed by atoms with Gasteiger partial charge < -0.3 is 15.6 Å². The zero-order valence-electron chi connectivity index (χ0n) is 14.9. The highest BCUT2D eigenvalue weighted by Gasteiger charge is 2.20. The van der Waals surface area contributed by atoms with E-state index in [9.17, 15) is 4.79 Å². The Hall–Kier alpha value is -1.30. The number of hydrogen-bond donors (Lipinski definition) is 2. The Morgan fingerprint density at radius 1 is 1.32 bits per heavy atom. The number of hydrogen-bond acceptors (Lipinski definition) is 3. The van der Waals surface area contributed by atoms with Gasteiger partial charge in [0.05, 0.1) is 11.0 Å². The minimum Gasteiger partial charge on any atom is -0.342 e. The van der Waals surface area contributed by atoms with Crippen LogP contribution in [-0.4, -0.2) is 39.9 Å². The largest absolute Gasteiger partial charge is 0.342 e. The summed E-state index contributed by atoms with van der Waals surface area (Å²) >= 11 is 0. The topological polar surface area (TPSA) is 75.0 Å². The van der Waals surface area contributed by atoms with Crippen molar-refractivity contribution in [1.29, 1.82) is 0 Å². The molecule has 0 bridgehead atoms. The minimum atomic E-state index is 0. The molecular formula is C18H28Cl2N4O. The average Bonchev–Trinajstić information content (AvgIpc) is 2.83. The van der Waals surface area contributed by atoms with Crippen molar-refractivity contribution in [2.75, 3.05) is 13.1 Å². The normalized spacial score (nSPS) is 17.6. The summed E-state index contributed by atoms with van der Waals surface area (Å²) in [4.78, 5) is 22.4. The maximum atomic E-state index is 12.4. The van der Waals surface area contributed by atoms with Crippen LogP contribution in [0.15, 0.2) is 12.1 Å². The molecular weight excluding hydrogens is 359 g/mol. The van der Waals surface area contributed by atoms with Crippen molar-refractivity contribution < 1.29 is 4.79 Å². The molecule has 1 atom stereocenters. The van der Waals surface area contributed by atoms with Crippen LogP contribution in [0.5, 0.6) is 0 Å². The SMILES string of the molecule is Cc1ccc2[nH]c(CCC(=O)N3CCCCC(N)C3)nc2c1C.Cl.Cl. The molecule has 1 unspecified atom stereocenters. The summed E-state index contributed by atoms with van der Waals surface area (Å²) in [6.45, 7) is 5.71. The number of aromatic nitrogens is 2. The summed E-state index contributed by atoms with van der Waals surface area (Å²) < 4.78 is 0. The van der Waals surface area contributed by atoms with Crippen LogP contribution in [-0.2, 0) is 11.2 Å². The van der Waals surface area contributed by atoms with Gasteiger partial charge >= 0.3 is 0 Å². The predicted octanol–water partition coefficient (Wildman–Crippen LogP) is 3.30. The van der Waals surface area contributed by atoms with Gasteiger partial charge in [-0.15, -0.1) is 24.8 Å². The van der Waals surface area contributed by atoms with Crippen LogP contribution >= 0.6 is 24.8 Å². The number of rotatable bonds is 3. The molecule has 1 aliphatic rings. The summed E-state index contributed by atoms with van der Waals surface area (Å²) in [7, 11) is 0. The number of likely N-dealkylation sites (tertiary alicyclic amines) is 1. The molecule has 25 heavy (non-hydrogen) atoms. The van der Waals surface area contributed by atoms with Crippen LogP contribution in [0, 0.1) is 13.8 Å². The summed E-state index contributed by atoms with van der Waals surface area (Å²) in [5.41, 5.74) is 10.6. The van der Waals surface area contributed by atoms with E-state index in [0.29, 0.717) is 19.4 Å². The fourth-order valence-electron chi connectivity index (χ4n) is 3.27. The van der Waals surface area contributed by atoms with Gasteiger partial charge in [0.15, 0.2) is 0 Å². The lowest BCUT2D eigenvalue weighted by molar-refractivity contribution is -0.131. The van der Waals surface area contributed by atoms with Crippen LogP contribution in [0.1, 0.15) is 42.6 Å². The molecule has 1 amide bonds. The van der Waals surface area contributed by atoms with Gasteiger partial charge in [0.25, 0.3) is 0 Å². The number of aryl methyl sites for hydroxylation is 3. The lowest BCUT2D eigenvalue weighted by Crippen LogP contribution is -2.39. The number of benzene rings is 1. The van der Waals surface area contributed by atoms with E-state index in [1.807, 2.05) is 4.90 Å². The van der Waals surface area contributed by atoms with Crippen LogP contribution in [0.2, 0.25) is 0 Å². The summed E-state index contributed by atoms with van der Waals surface area (Å²) in [5.74, 6) is 1.08. The number of nitrogens with two attached hydrogens (primary N) is 1. The van der Waals surface area contributed by atoms with Gasteiger partial charge in [0.2, 0.25) is 5.91 Å². The number of imidazole rings is 1. The van der Waals surface area contributed by atoms with E-state index < -0.39 is 0 Å². The summed E-state index contributed by atoms with van der Waals surface area (Å²) in [5, 5.41) is 0. The molecule has 5 nitrogen and oxygen atoms in total. The molecule has 0 saturated carbocycles. The molecule has 1 aromatic heterocycles. The van der Waals surface area contributed by atoms with Crippen LogP contribution in [0.4, 0.5) is 0 Å². The fourth-order valence-corrected chi connectivity index (χ4v) is 3.27. The first-order valence-electron chi connectivity index (χ1n) is 8.53. The number of fused-ring (bicyclic) bond motifs is 1. The fraction of sp³-hybridized carbons (Fsp3) is 0.556. The monoisotopic (exact) mass is 386 g/mol. The first kappa shape index (κ1) is 21.7. The van der Waals surface area contributed by atoms with Gasteiger partial charge in [0, 0.05) is 32.0 Å². The van der Waals surface area contributed by atoms with Gasteiger partial charge in [-0.3, -0.25) is 4.79 Å². The van der Waals surface area contributed by atoms with Gasteiger partial charge in [-0.2, -0.15) is 0 Å². The molecule has 1 aromatic carbocycles. The second-order valence-electron chi connectivity index (χ2n) is 6.68. The van der Waals surface area contributed by atoms with Gasteiger partial charge in [0.1, 0.15) is 5.82 Å². The number of nitrogens with one attached hydrogen (secondary N) is 1. The molecule has 0 spiro atoms. The Labute approximate surface area is 161 Å². The Morgan fingerprint density at radius 3 is 2.84 bits per heavy atom. The van der Waals surface area contributed by atoms with Crippen LogP contribution in [0.3, 0.4) is 0 Å². The van der Waals surface area contributed by atoms with Gasteiger partial charge in [-0.05, 0) is 43.9 Å². The second kappa shape index (κ2) is 9.41. The molecule has 0 radical (unpaired) electrons. The van der Waals surface area contributed by atoms with Gasteiger partial charge in [-0.1, -0.05) is 12.5 Å². The lowest BCUT2D eigenvalue weighted by atomic mass is 10.1. The van der Waals surface area contributed by atoms with E-state index in [1.165, 1.54) is 11.1 Å². The van der Waals surface area contributed by atoms with E-state index in [-0.39, 0.29) is 36.8 Å². The first-order valence-corrected chi connectivity index (χ1v) is 8.53. The van der Waals surface area contributed by atoms with Crippen LogP contribution in [0.25, 0.3) is 11.0 Å². The maximum absolute atomic E-state index is 12.4. The number of H-pyrrole nitrogens is 1. The minimum absolute atomic E-state index is 0. The van der Waals surface area contributed by atoms with E-state index in [4.69, 9.17) is 5.73 Å². The molecule has 3 N–H and O–H groups in total. The highest BCUT2D eigenvalue weighted by Crippen LogP contribution is 2.20.